The largest absolute Gasteiger partial charge is 0.315 e. The van der Waals surface area contributed by atoms with Gasteiger partial charge in [0.25, 0.3) is 11.8 Å². The average Bonchev–Trinajstić information content (AvgIpc) is 2.98. The van der Waals surface area contributed by atoms with Crippen LogP contribution in [0, 0.1) is 0 Å². The summed E-state index contributed by atoms with van der Waals surface area (Å²) in [6.07, 6.45) is 5.82. The molecule has 28 heavy (non-hydrogen) atoms. The first-order chi connectivity index (χ1) is 13.6. The molecule has 0 saturated carbocycles. The van der Waals surface area contributed by atoms with E-state index in [1.54, 1.807) is 35.4 Å². The minimum absolute atomic E-state index is 0.0333. The molecule has 2 aliphatic heterocycles. The van der Waals surface area contributed by atoms with Gasteiger partial charge in [-0.3, -0.25) is 19.3 Å². The van der Waals surface area contributed by atoms with Crippen LogP contribution in [0.25, 0.3) is 0 Å². The molecule has 0 unspecified atom stereocenters. The number of hydrogen-bond acceptors (Lipinski definition) is 3. The summed E-state index contributed by atoms with van der Waals surface area (Å²) in [6.45, 7) is 1.99. The highest BCUT2D eigenvalue weighted by atomic mass is 16.2. The molecule has 2 aromatic carbocycles. The number of carbonyl (C=O) groups excluding carboxylic acids is 3. The fraction of sp³-hybridized carbons (Fsp3) is 0.261. The molecule has 0 spiro atoms. The first kappa shape index (κ1) is 18.2. The van der Waals surface area contributed by atoms with E-state index in [9.17, 15) is 14.4 Å². The van der Waals surface area contributed by atoms with Crippen molar-refractivity contribution in [2.75, 3.05) is 0 Å². The Morgan fingerprint density at radius 2 is 1.61 bits per heavy atom. The van der Waals surface area contributed by atoms with Gasteiger partial charge in [-0.25, -0.2) is 0 Å². The number of imide groups is 1. The smallest absolute Gasteiger partial charge is 0.262 e. The van der Waals surface area contributed by atoms with Crippen LogP contribution in [-0.4, -0.2) is 39.6 Å². The molecule has 0 N–H and O–H groups in total. The van der Waals surface area contributed by atoms with Crippen LogP contribution < -0.4 is 0 Å². The SMILES string of the molecule is C[C@@H]1CCC=CN1C(=O)[C@H](Cc1ccccc1)N1C(=O)c2ccccc2C1=O. The van der Waals surface area contributed by atoms with Gasteiger partial charge in [0, 0.05) is 18.7 Å². The van der Waals surface area contributed by atoms with Crippen molar-refractivity contribution in [1.82, 2.24) is 9.80 Å². The van der Waals surface area contributed by atoms with Crippen LogP contribution in [0.5, 0.6) is 0 Å². The van der Waals surface area contributed by atoms with Gasteiger partial charge in [-0.05, 0) is 37.5 Å². The van der Waals surface area contributed by atoms with Crippen LogP contribution in [0.3, 0.4) is 0 Å². The van der Waals surface area contributed by atoms with E-state index in [-0.39, 0.29) is 11.9 Å². The Hall–Kier alpha value is -3.21. The zero-order valence-electron chi connectivity index (χ0n) is 15.7. The molecular weight excluding hydrogens is 352 g/mol. The average molecular weight is 374 g/mol. The monoisotopic (exact) mass is 374 g/mol. The molecule has 4 rings (SSSR count). The Bertz CT molecular complexity index is 916. The number of hydrogen-bond donors (Lipinski definition) is 0. The van der Waals surface area contributed by atoms with Crippen molar-refractivity contribution in [2.45, 2.75) is 38.3 Å². The highest BCUT2D eigenvalue weighted by Gasteiger charge is 2.44. The van der Waals surface area contributed by atoms with Gasteiger partial charge in [-0.2, -0.15) is 0 Å². The van der Waals surface area contributed by atoms with Gasteiger partial charge in [-0.15, -0.1) is 0 Å². The first-order valence-electron chi connectivity index (χ1n) is 9.57. The quantitative estimate of drug-likeness (QED) is 0.771. The Labute approximate surface area is 164 Å². The summed E-state index contributed by atoms with van der Waals surface area (Å²) >= 11 is 0. The lowest BCUT2D eigenvalue weighted by Gasteiger charge is -2.34. The lowest BCUT2D eigenvalue weighted by atomic mass is 10.0. The van der Waals surface area contributed by atoms with Crippen molar-refractivity contribution in [3.8, 4) is 0 Å². The number of nitrogens with zero attached hydrogens (tertiary/aromatic N) is 2. The predicted octanol–water partition coefficient (Wildman–Crippen LogP) is 3.42. The van der Waals surface area contributed by atoms with E-state index in [0.717, 1.165) is 23.3 Å². The summed E-state index contributed by atoms with van der Waals surface area (Å²) in [6, 6.07) is 15.4. The molecular formula is C23H22N2O3. The fourth-order valence-electron chi connectivity index (χ4n) is 3.89. The second-order valence-electron chi connectivity index (χ2n) is 7.29. The van der Waals surface area contributed by atoms with E-state index >= 15 is 0 Å². The van der Waals surface area contributed by atoms with Gasteiger partial charge in [0.15, 0.2) is 0 Å². The number of carbonyl (C=O) groups is 3. The summed E-state index contributed by atoms with van der Waals surface area (Å²) < 4.78 is 0. The van der Waals surface area contributed by atoms with Crippen molar-refractivity contribution in [3.63, 3.8) is 0 Å². The van der Waals surface area contributed by atoms with Crippen molar-refractivity contribution < 1.29 is 14.4 Å². The molecule has 0 saturated heterocycles. The van der Waals surface area contributed by atoms with Crippen molar-refractivity contribution in [1.29, 1.82) is 0 Å². The molecule has 2 heterocycles. The molecule has 0 bridgehead atoms. The van der Waals surface area contributed by atoms with E-state index < -0.39 is 17.9 Å². The molecule has 0 aliphatic carbocycles. The third-order valence-electron chi connectivity index (χ3n) is 5.44. The minimum Gasteiger partial charge on any atom is -0.315 e. The third-order valence-corrected chi connectivity index (χ3v) is 5.44. The van der Waals surface area contributed by atoms with Crippen LogP contribution in [-0.2, 0) is 11.2 Å². The molecule has 0 radical (unpaired) electrons. The maximum Gasteiger partial charge on any atom is 0.262 e. The van der Waals surface area contributed by atoms with Crippen LogP contribution in [0.1, 0.15) is 46.0 Å². The first-order valence-corrected chi connectivity index (χ1v) is 9.57. The maximum absolute atomic E-state index is 13.5. The van der Waals surface area contributed by atoms with Crippen molar-refractivity contribution >= 4 is 17.7 Å². The Balaban J connectivity index is 1.72. The number of allylic oxidation sites excluding steroid dienone is 1. The molecule has 0 fully saturated rings. The van der Waals surface area contributed by atoms with E-state index in [2.05, 4.69) is 0 Å². The number of rotatable bonds is 4. The summed E-state index contributed by atoms with van der Waals surface area (Å²) in [5, 5.41) is 0. The van der Waals surface area contributed by atoms with Gasteiger partial charge < -0.3 is 4.90 Å². The second kappa shape index (κ2) is 7.43. The Kier molecular flexibility index (Phi) is 4.82. The Morgan fingerprint density at radius 1 is 1.00 bits per heavy atom. The van der Waals surface area contributed by atoms with Gasteiger partial charge in [0.1, 0.15) is 6.04 Å². The van der Waals surface area contributed by atoms with Crippen LogP contribution in [0.15, 0.2) is 66.9 Å². The molecule has 2 aliphatic rings. The Morgan fingerprint density at radius 3 is 2.21 bits per heavy atom. The van der Waals surface area contributed by atoms with E-state index in [4.69, 9.17) is 0 Å². The predicted molar refractivity (Wildman–Crippen MR) is 106 cm³/mol. The maximum atomic E-state index is 13.5. The van der Waals surface area contributed by atoms with Gasteiger partial charge in [0.2, 0.25) is 5.91 Å². The summed E-state index contributed by atoms with van der Waals surface area (Å²) in [7, 11) is 0. The summed E-state index contributed by atoms with van der Waals surface area (Å²) in [5.74, 6) is -1.02. The minimum atomic E-state index is -0.875. The van der Waals surface area contributed by atoms with Gasteiger partial charge in [-0.1, -0.05) is 48.5 Å². The third kappa shape index (κ3) is 3.13. The zero-order chi connectivity index (χ0) is 19.7. The number of benzene rings is 2. The lowest BCUT2D eigenvalue weighted by Crippen LogP contribution is -2.53. The molecule has 0 aromatic heterocycles. The van der Waals surface area contributed by atoms with Crippen LogP contribution in [0.2, 0.25) is 0 Å². The van der Waals surface area contributed by atoms with Crippen molar-refractivity contribution in [2.24, 2.45) is 0 Å². The topological polar surface area (TPSA) is 57.7 Å². The van der Waals surface area contributed by atoms with Crippen LogP contribution >= 0.6 is 0 Å². The number of fused-ring (bicyclic) bond motifs is 1. The summed E-state index contributed by atoms with van der Waals surface area (Å²) in [4.78, 5) is 42.3. The molecule has 5 heteroatoms. The lowest BCUT2D eigenvalue weighted by molar-refractivity contribution is -0.134. The highest BCUT2D eigenvalue weighted by Crippen LogP contribution is 2.28. The number of amides is 3. The second-order valence-corrected chi connectivity index (χ2v) is 7.29. The summed E-state index contributed by atoms with van der Waals surface area (Å²) in [5.41, 5.74) is 1.63. The molecule has 3 amide bonds. The molecule has 142 valence electrons. The highest BCUT2D eigenvalue weighted by molar-refractivity contribution is 6.22. The van der Waals surface area contributed by atoms with Crippen molar-refractivity contribution in [3.05, 3.63) is 83.6 Å². The van der Waals surface area contributed by atoms with E-state index in [1.807, 2.05) is 43.3 Å². The normalized spacial score (nSPS) is 19.7. The molecule has 2 atom stereocenters. The zero-order valence-corrected chi connectivity index (χ0v) is 15.7. The fourth-order valence-corrected chi connectivity index (χ4v) is 3.89. The van der Waals surface area contributed by atoms with Gasteiger partial charge in [0.05, 0.1) is 11.1 Å². The van der Waals surface area contributed by atoms with E-state index in [0.29, 0.717) is 17.5 Å². The molecule has 2 aromatic rings. The van der Waals surface area contributed by atoms with Gasteiger partial charge >= 0.3 is 0 Å². The molecule has 5 nitrogen and oxygen atoms in total. The van der Waals surface area contributed by atoms with Crippen LogP contribution in [0.4, 0.5) is 0 Å². The standard InChI is InChI=1S/C23H22N2O3/c1-16-9-7-8-14-24(16)23(28)20(15-17-10-3-2-4-11-17)25-21(26)18-12-5-6-13-19(18)22(25)27/h2-6,8,10-14,16,20H,7,9,15H2,1H3/t16-,20+/m1/s1. The van der Waals surface area contributed by atoms with E-state index in [1.165, 1.54) is 0 Å².